The third-order valence-electron chi connectivity index (χ3n) is 3.76. The van der Waals surface area contributed by atoms with Crippen LogP contribution in [0.2, 0.25) is 5.02 Å². The van der Waals surface area contributed by atoms with Gasteiger partial charge in [0.25, 0.3) is 5.56 Å². The third-order valence-corrected chi connectivity index (χ3v) is 4.12. The smallest absolute Gasteiger partial charge is 0.287 e. The predicted molar refractivity (Wildman–Crippen MR) is 82.7 cm³/mol. The van der Waals surface area contributed by atoms with Crippen molar-refractivity contribution < 1.29 is 0 Å². The van der Waals surface area contributed by atoms with E-state index in [1.54, 1.807) is 6.20 Å². The standard InChI is InChI=1S/C14H23ClN4O/c1-4-5-6-19-14(20)13(15)12(8-17-19)18-9-10(2)16-7-11(18)3/h8,10-11,16H,4-7,9H2,1-3H3. The van der Waals surface area contributed by atoms with Crippen LogP contribution in [0.5, 0.6) is 0 Å². The highest BCUT2D eigenvalue weighted by molar-refractivity contribution is 6.33. The largest absolute Gasteiger partial charge is 0.363 e. The molecule has 1 aliphatic heterocycles. The molecule has 0 aliphatic carbocycles. The summed E-state index contributed by atoms with van der Waals surface area (Å²) in [5, 5.41) is 7.97. The topological polar surface area (TPSA) is 50.2 Å². The molecule has 0 radical (unpaired) electrons. The predicted octanol–water partition coefficient (Wildman–Crippen LogP) is 1.88. The molecule has 5 nitrogen and oxygen atoms in total. The van der Waals surface area contributed by atoms with Crippen molar-refractivity contribution in [2.24, 2.45) is 0 Å². The van der Waals surface area contributed by atoms with Gasteiger partial charge in [0.2, 0.25) is 0 Å². The minimum absolute atomic E-state index is 0.184. The first-order chi connectivity index (χ1) is 9.54. The van der Waals surface area contributed by atoms with Crippen molar-refractivity contribution in [2.75, 3.05) is 18.0 Å². The Morgan fingerprint density at radius 1 is 1.50 bits per heavy atom. The van der Waals surface area contributed by atoms with Crippen molar-refractivity contribution in [3.8, 4) is 0 Å². The van der Waals surface area contributed by atoms with Gasteiger partial charge in [-0.05, 0) is 20.3 Å². The molecule has 0 bridgehead atoms. The van der Waals surface area contributed by atoms with Gasteiger partial charge in [-0.25, -0.2) is 4.68 Å². The SMILES string of the molecule is CCCCn1ncc(N2CC(C)NCC2C)c(Cl)c1=O. The number of rotatable bonds is 4. The van der Waals surface area contributed by atoms with Gasteiger partial charge < -0.3 is 10.2 Å². The lowest BCUT2D eigenvalue weighted by molar-refractivity contribution is 0.423. The second-order valence-electron chi connectivity index (χ2n) is 5.54. The minimum atomic E-state index is -0.184. The molecule has 2 heterocycles. The summed E-state index contributed by atoms with van der Waals surface area (Å²) in [4.78, 5) is 14.4. The molecule has 1 aromatic heterocycles. The van der Waals surface area contributed by atoms with Crippen LogP contribution < -0.4 is 15.8 Å². The molecule has 6 heteroatoms. The van der Waals surface area contributed by atoms with E-state index in [9.17, 15) is 4.79 Å². The van der Waals surface area contributed by atoms with Crippen LogP contribution in [0.1, 0.15) is 33.6 Å². The Bertz CT molecular complexity index is 516. The zero-order chi connectivity index (χ0) is 14.7. The number of unbranched alkanes of at least 4 members (excludes halogenated alkanes) is 1. The molecule has 1 fully saturated rings. The highest BCUT2D eigenvalue weighted by Gasteiger charge is 2.25. The fourth-order valence-corrected chi connectivity index (χ4v) is 2.74. The van der Waals surface area contributed by atoms with Gasteiger partial charge in [-0.2, -0.15) is 5.10 Å². The van der Waals surface area contributed by atoms with Crippen molar-refractivity contribution in [1.29, 1.82) is 0 Å². The van der Waals surface area contributed by atoms with E-state index >= 15 is 0 Å². The van der Waals surface area contributed by atoms with E-state index in [0.29, 0.717) is 18.6 Å². The summed E-state index contributed by atoms with van der Waals surface area (Å²) in [5.74, 6) is 0. The number of aryl methyl sites for hydroxylation is 1. The van der Waals surface area contributed by atoms with E-state index in [1.807, 2.05) is 0 Å². The van der Waals surface area contributed by atoms with Crippen LogP contribution in [0.25, 0.3) is 0 Å². The van der Waals surface area contributed by atoms with E-state index in [-0.39, 0.29) is 10.6 Å². The van der Waals surface area contributed by atoms with Crippen LogP contribution in [0.3, 0.4) is 0 Å². The summed E-state index contributed by atoms with van der Waals surface area (Å²) in [5.41, 5.74) is 0.571. The van der Waals surface area contributed by atoms with Gasteiger partial charge in [-0.1, -0.05) is 24.9 Å². The fourth-order valence-electron chi connectivity index (χ4n) is 2.48. The highest BCUT2D eigenvalue weighted by atomic mass is 35.5. The van der Waals surface area contributed by atoms with E-state index in [1.165, 1.54) is 4.68 Å². The number of hydrogen-bond acceptors (Lipinski definition) is 4. The number of nitrogens with zero attached hydrogens (tertiary/aromatic N) is 3. The molecular formula is C14H23ClN4O. The first-order valence-electron chi connectivity index (χ1n) is 7.30. The van der Waals surface area contributed by atoms with E-state index in [0.717, 1.165) is 31.6 Å². The summed E-state index contributed by atoms with van der Waals surface area (Å²) in [6, 6.07) is 0.682. The molecule has 1 N–H and O–H groups in total. The van der Waals surface area contributed by atoms with Gasteiger partial charge in [-0.15, -0.1) is 0 Å². The molecule has 2 rings (SSSR count). The number of piperazine rings is 1. The lowest BCUT2D eigenvalue weighted by Gasteiger charge is -2.39. The number of nitrogens with one attached hydrogen (secondary N) is 1. The number of hydrogen-bond donors (Lipinski definition) is 1. The Kier molecular flexibility index (Phi) is 5.05. The van der Waals surface area contributed by atoms with Gasteiger partial charge >= 0.3 is 0 Å². The van der Waals surface area contributed by atoms with E-state index in [4.69, 9.17) is 11.6 Å². The first-order valence-corrected chi connectivity index (χ1v) is 7.68. The highest BCUT2D eigenvalue weighted by Crippen LogP contribution is 2.24. The Morgan fingerprint density at radius 2 is 2.25 bits per heavy atom. The molecule has 1 aliphatic rings. The van der Waals surface area contributed by atoms with Gasteiger partial charge in [0.1, 0.15) is 5.02 Å². The quantitative estimate of drug-likeness (QED) is 0.922. The molecule has 112 valence electrons. The van der Waals surface area contributed by atoms with Crippen molar-refractivity contribution in [2.45, 2.75) is 52.2 Å². The summed E-state index contributed by atoms with van der Waals surface area (Å²) in [6.07, 6.45) is 3.69. The van der Waals surface area contributed by atoms with Crippen LogP contribution in [0.15, 0.2) is 11.0 Å². The number of halogens is 1. The zero-order valence-electron chi connectivity index (χ0n) is 12.4. The Hall–Kier alpha value is -1.07. The first kappa shape index (κ1) is 15.3. The van der Waals surface area contributed by atoms with E-state index in [2.05, 4.69) is 36.1 Å². The molecule has 0 aromatic carbocycles. The van der Waals surface area contributed by atoms with Crippen LogP contribution in [-0.2, 0) is 6.54 Å². The molecule has 1 aromatic rings. The van der Waals surface area contributed by atoms with Gasteiger partial charge in [0.15, 0.2) is 0 Å². The van der Waals surface area contributed by atoms with Crippen molar-refractivity contribution in [3.63, 3.8) is 0 Å². The summed E-state index contributed by atoms with van der Waals surface area (Å²) >= 11 is 6.29. The van der Waals surface area contributed by atoms with Gasteiger partial charge in [-0.3, -0.25) is 4.79 Å². The second-order valence-corrected chi connectivity index (χ2v) is 5.91. The zero-order valence-corrected chi connectivity index (χ0v) is 13.2. The Morgan fingerprint density at radius 3 is 2.95 bits per heavy atom. The Labute approximate surface area is 124 Å². The van der Waals surface area contributed by atoms with Crippen molar-refractivity contribution in [1.82, 2.24) is 15.1 Å². The molecule has 1 saturated heterocycles. The molecule has 20 heavy (non-hydrogen) atoms. The summed E-state index contributed by atoms with van der Waals surface area (Å²) in [7, 11) is 0. The summed E-state index contributed by atoms with van der Waals surface area (Å²) in [6.45, 7) is 8.69. The van der Waals surface area contributed by atoms with Gasteiger partial charge in [0, 0.05) is 31.7 Å². The van der Waals surface area contributed by atoms with Crippen molar-refractivity contribution >= 4 is 17.3 Å². The Balaban J connectivity index is 2.28. The monoisotopic (exact) mass is 298 g/mol. The third kappa shape index (κ3) is 3.15. The van der Waals surface area contributed by atoms with Crippen LogP contribution in [-0.4, -0.2) is 35.0 Å². The maximum Gasteiger partial charge on any atom is 0.287 e. The normalized spacial score (nSPS) is 23.1. The fraction of sp³-hybridized carbons (Fsp3) is 0.714. The van der Waals surface area contributed by atoms with Crippen LogP contribution in [0, 0.1) is 0 Å². The maximum absolute atomic E-state index is 12.3. The van der Waals surface area contributed by atoms with Gasteiger partial charge in [0.05, 0.1) is 11.9 Å². The van der Waals surface area contributed by atoms with Crippen LogP contribution in [0.4, 0.5) is 5.69 Å². The van der Waals surface area contributed by atoms with Crippen molar-refractivity contribution in [3.05, 3.63) is 21.6 Å². The number of aromatic nitrogens is 2. The summed E-state index contributed by atoms with van der Waals surface area (Å²) < 4.78 is 1.46. The minimum Gasteiger partial charge on any atom is -0.363 e. The van der Waals surface area contributed by atoms with E-state index < -0.39 is 0 Å². The molecular weight excluding hydrogens is 276 g/mol. The molecule has 0 amide bonds. The maximum atomic E-state index is 12.3. The average molecular weight is 299 g/mol. The molecule has 0 spiro atoms. The molecule has 2 unspecified atom stereocenters. The second kappa shape index (κ2) is 6.59. The molecule has 2 atom stereocenters. The lowest BCUT2D eigenvalue weighted by atomic mass is 10.1. The average Bonchev–Trinajstić information content (AvgIpc) is 2.43. The molecule has 0 saturated carbocycles. The van der Waals surface area contributed by atoms with Crippen LogP contribution >= 0.6 is 11.6 Å². The number of anilines is 1. The lowest BCUT2D eigenvalue weighted by Crippen LogP contribution is -2.54.